The van der Waals surface area contributed by atoms with E-state index >= 15 is 0 Å². The number of aryl methyl sites for hydroxylation is 1. The number of nitrogens with zero attached hydrogens (tertiary/aromatic N) is 3. The summed E-state index contributed by atoms with van der Waals surface area (Å²) in [6.07, 6.45) is 0.567. The summed E-state index contributed by atoms with van der Waals surface area (Å²) in [6, 6.07) is 4.44. The Hall–Kier alpha value is -2.41. The first kappa shape index (κ1) is 18.0. The monoisotopic (exact) mass is 373 g/mol. The summed E-state index contributed by atoms with van der Waals surface area (Å²) in [5.74, 6) is 0.211. The van der Waals surface area contributed by atoms with Gasteiger partial charge in [-0.1, -0.05) is 0 Å². The zero-order valence-corrected chi connectivity index (χ0v) is 15.9. The van der Waals surface area contributed by atoms with Crippen LogP contribution in [0.5, 0.6) is 5.75 Å². The van der Waals surface area contributed by atoms with Gasteiger partial charge in [-0.15, -0.1) is 0 Å². The number of benzene rings is 1. The third-order valence-electron chi connectivity index (χ3n) is 5.19. The van der Waals surface area contributed by atoms with Gasteiger partial charge in [0.15, 0.2) is 0 Å². The molecule has 1 aromatic carbocycles. The lowest BCUT2D eigenvalue weighted by atomic mass is 9.99. The van der Waals surface area contributed by atoms with Crippen molar-refractivity contribution in [1.29, 1.82) is 0 Å². The van der Waals surface area contributed by atoms with Crippen molar-refractivity contribution in [3.05, 3.63) is 46.5 Å². The summed E-state index contributed by atoms with van der Waals surface area (Å²) in [5.41, 5.74) is 3.12. The van der Waals surface area contributed by atoms with E-state index in [9.17, 15) is 9.18 Å². The molecule has 0 saturated carbocycles. The molecule has 4 rings (SSSR count). The maximum atomic E-state index is 13.7. The number of hydrogen-bond acceptors (Lipinski definition) is 4. The fourth-order valence-electron chi connectivity index (χ4n) is 3.95. The molecule has 0 fully saturated rings. The van der Waals surface area contributed by atoms with Crippen LogP contribution in [0.3, 0.4) is 0 Å². The first-order valence-electron chi connectivity index (χ1n) is 9.43. The minimum absolute atomic E-state index is 0.0378. The smallest absolute Gasteiger partial charge is 0.272 e. The summed E-state index contributed by atoms with van der Waals surface area (Å²) < 4.78 is 27.0. The Kier molecular flexibility index (Phi) is 4.63. The molecule has 2 aliphatic rings. The molecule has 0 N–H and O–H groups in total. The van der Waals surface area contributed by atoms with Gasteiger partial charge in [0, 0.05) is 30.6 Å². The number of fused-ring (bicyclic) bond motifs is 2. The van der Waals surface area contributed by atoms with Crippen molar-refractivity contribution in [2.24, 2.45) is 0 Å². The van der Waals surface area contributed by atoms with Crippen LogP contribution in [0.1, 0.15) is 54.2 Å². The standard InChI is InChI=1S/C20H24FN3O3/c1-4-24-19(16-9-12(2)27-13(3)18(16)22-24)20(25)23-7-8-26-17-6-5-15(21)10-14(17)11-23/h5-6,10,12-13H,4,7-9,11H2,1-3H3/t12-,13+/m0/s1. The average molecular weight is 373 g/mol. The largest absolute Gasteiger partial charge is 0.491 e. The van der Waals surface area contributed by atoms with Gasteiger partial charge in [-0.05, 0) is 39.0 Å². The normalized spacial score (nSPS) is 21.9. The van der Waals surface area contributed by atoms with Gasteiger partial charge in [0.25, 0.3) is 5.91 Å². The Morgan fingerprint density at radius 2 is 2.19 bits per heavy atom. The Bertz CT molecular complexity index is 880. The highest BCUT2D eigenvalue weighted by Crippen LogP contribution is 2.33. The van der Waals surface area contributed by atoms with Crippen molar-refractivity contribution in [1.82, 2.24) is 14.7 Å². The quantitative estimate of drug-likeness (QED) is 0.812. The van der Waals surface area contributed by atoms with Crippen LogP contribution in [-0.4, -0.2) is 39.8 Å². The lowest BCUT2D eigenvalue weighted by Gasteiger charge is -2.26. The Morgan fingerprint density at radius 3 is 2.96 bits per heavy atom. The summed E-state index contributed by atoms with van der Waals surface area (Å²) in [6.45, 7) is 7.69. The zero-order chi connectivity index (χ0) is 19.1. The summed E-state index contributed by atoms with van der Waals surface area (Å²) in [4.78, 5) is 15.2. The van der Waals surface area contributed by atoms with Gasteiger partial charge in [0.05, 0.1) is 24.4 Å². The molecule has 0 unspecified atom stereocenters. The van der Waals surface area contributed by atoms with E-state index in [1.807, 2.05) is 20.8 Å². The van der Waals surface area contributed by atoms with Gasteiger partial charge in [-0.25, -0.2) is 4.39 Å². The minimum Gasteiger partial charge on any atom is -0.491 e. The van der Waals surface area contributed by atoms with E-state index in [0.717, 1.165) is 11.3 Å². The third kappa shape index (κ3) is 3.20. The molecule has 0 aliphatic carbocycles. The predicted octanol–water partition coefficient (Wildman–Crippen LogP) is 3.10. The minimum atomic E-state index is -0.331. The van der Waals surface area contributed by atoms with E-state index in [0.29, 0.717) is 49.7 Å². The summed E-state index contributed by atoms with van der Waals surface area (Å²) in [7, 11) is 0. The number of carbonyl (C=O) groups is 1. The molecular weight excluding hydrogens is 349 g/mol. The number of ether oxygens (including phenoxy) is 2. The Morgan fingerprint density at radius 1 is 1.37 bits per heavy atom. The maximum absolute atomic E-state index is 13.7. The van der Waals surface area contributed by atoms with Crippen LogP contribution in [0, 0.1) is 5.82 Å². The molecule has 0 radical (unpaired) electrons. The van der Waals surface area contributed by atoms with Crippen molar-refractivity contribution in [2.45, 2.75) is 52.5 Å². The SMILES string of the molecule is CCn1nc2c(c1C(=O)N1CCOc3ccc(F)cc3C1)C[C@H](C)O[C@@H]2C. The van der Waals surface area contributed by atoms with E-state index in [1.165, 1.54) is 12.1 Å². The van der Waals surface area contributed by atoms with Gasteiger partial charge in [0.2, 0.25) is 0 Å². The van der Waals surface area contributed by atoms with Crippen LogP contribution in [0.2, 0.25) is 0 Å². The van der Waals surface area contributed by atoms with Crippen LogP contribution in [-0.2, 0) is 24.2 Å². The number of aromatic nitrogens is 2. The van der Waals surface area contributed by atoms with E-state index in [-0.39, 0.29) is 23.9 Å². The third-order valence-corrected chi connectivity index (χ3v) is 5.19. The van der Waals surface area contributed by atoms with Crippen molar-refractivity contribution >= 4 is 5.91 Å². The second kappa shape index (κ2) is 6.96. The van der Waals surface area contributed by atoms with Crippen molar-refractivity contribution in [3.63, 3.8) is 0 Å². The van der Waals surface area contributed by atoms with E-state index < -0.39 is 0 Å². The van der Waals surface area contributed by atoms with E-state index in [2.05, 4.69) is 5.10 Å². The van der Waals surface area contributed by atoms with Crippen LogP contribution in [0.25, 0.3) is 0 Å². The molecule has 144 valence electrons. The van der Waals surface area contributed by atoms with Gasteiger partial charge in [-0.2, -0.15) is 5.10 Å². The average Bonchev–Trinajstić information content (AvgIpc) is 2.87. The summed E-state index contributed by atoms with van der Waals surface area (Å²) in [5, 5.41) is 4.64. The van der Waals surface area contributed by atoms with Crippen molar-refractivity contribution < 1.29 is 18.7 Å². The van der Waals surface area contributed by atoms with Crippen molar-refractivity contribution in [3.8, 4) is 5.75 Å². The molecular formula is C20H24FN3O3. The number of hydrogen-bond donors (Lipinski definition) is 0. The molecule has 2 aromatic rings. The highest BCUT2D eigenvalue weighted by molar-refractivity contribution is 5.94. The number of rotatable bonds is 2. The topological polar surface area (TPSA) is 56.6 Å². The van der Waals surface area contributed by atoms with Gasteiger partial charge < -0.3 is 14.4 Å². The zero-order valence-electron chi connectivity index (χ0n) is 15.9. The molecule has 1 amide bonds. The maximum Gasteiger partial charge on any atom is 0.272 e. The van der Waals surface area contributed by atoms with Gasteiger partial charge in [-0.3, -0.25) is 9.48 Å². The van der Waals surface area contributed by atoms with Gasteiger partial charge >= 0.3 is 0 Å². The molecule has 0 bridgehead atoms. The van der Waals surface area contributed by atoms with E-state index in [1.54, 1.807) is 15.6 Å². The highest BCUT2D eigenvalue weighted by atomic mass is 19.1. The van der Waals surface area contributed by atoms with Gasteiger partial charge in [0.1, 0.15) is 23.9 Å². The second-order valence-electron chi connectivity index (χ2n) is 7.15. The molecule has 1 aromatic heterocycles. The molecule has 6 nitrogen and oxygen atoms in total. The highest BCUT2D eigenvalue weighted by Gasteiger charge is 2.34. The van der Waals surface area contributed by atoms with Crippen LogP contribution in [0.15, 0.2) is 18.2 Å². The Balaban J connectivity index is 1.71. The molecule has 0 saturated heterocycles. The molecule has 2 aliphatic heterocycles. The predicted molar refractivity (Wildman–Crippen MR) is 97.2 cm³/mol. The molecule has 2 atom stereocenters. The second-order valence-corrected chi connectivity index (χ2v) is 7.15. The molecule has 7 heteroatoms. The lowest BCUT2D eigenvalue weighted by Crippen LogP contribution is -2.35. The van der Waals surface area contributed by atoms with Crippen LogP contribution in [0.4, 0.5) is 4.39 Å². The van der Waals surface area contributed by atoms with Crippen LogP contribution < -0.4 is 4.74 Å². The van der Waals surface area contributed by atoms with E-state index in [4.69, 9.17) is 9.47 Å². The number of carbonyl (C=O) groups excluding carboxylic acids is 1. The molecule has 27 heavy (non-hydrogen) atoms. The molecule has 3 heterocycles. The molecule has 0 spiro atoms. The van der Waals surface area contributed by atoms with Crippen molar-refractivity contribution in [2.75, 3.05) is 13.2 Å². The Labute approximate surface area is 157 Å². The first-order valence-corrected chi connectivity index (χ1v) is 9.43. The number of amides is 1. The fraction of sp³-hybridized carbons (Fsp3) is 0.500. The number of halogens is 1. The van der Waals surface area contributed by atoms with Crippen LogP contribution >= 0.6 is 0 Å². The first-order chi connectivity index (χ1) is 13.0. The summed E-state index contributed by atoms with van der Waals surface area (Å²) >= 11 is 0. The lowest BCUT2D eigenvalue weighted by molar-refractivity contribution is -0.00716. The fourth-order valence-corrected chi connectivity index (χ4v) is 3.95.